The maximum absolute atomic E-state index is 10.2. The summed E-state index contributed by atoms with van der Waals surface area (Å²) in [6.45, 7) is 3.69. The van der Waals surface area contributed by atoms with Crippen LogP contribution in [0.15, 0.2) is 12.7 Å². The number of hydrogen-bond acceptors (Lipinski definition) is 4. The van der Waals surface area contributed by atoms with Crippen molar-refractivity contribution in [3.8, 4) is 0 Å². The van der Waals surface area contributed by atoms with Crippen LogP contribution in [0.2, 0.25) is 0 Å². The Morgan fingerprint density at radius 3 is 2.89 bits per heavy atom. The lowest BCUT2D eigenvalue weighted by molar-refractivity contribution is -0.265. The van der Waals surface area contributed by atoms with Crippen molar-refractivity contribution in [2.45, 2.75) is 0 Å². The Kier molecular flexibility index (Phi) is 4.76. The van der Waals surface area contributed by atoms with Crippen molar-refractivity contribution in [2.24, 2.45) is 5.73 Å². The highest BCUT2D eigenvalue weighted by atomic mass is 17.2. The molecule has 4 nitrogen and oxygen atoms in total. The maximum atomic E-state index is 10.2. The van der Waals surface area contributed by atoms with E-state index in [1.54, 1.807) is 0 Å². The second kappa shape index (κ2) is 5.27. The van der Waals surface area contributed by atoms with E-state index < -0.39 is 5.97 Å². The summed E-state index contributed by atoms with van der Waals surface area (Å²) in [5, 5.41) is 0. The van der Waals surface area contributed by atoms with Crippen LogP contribution < -0.4 is 5.73 Å². The van der Waals surface area contributed by atoms with E-state index in [0.717, 1.165) is 6.08 Å². The molecule has 9 heavy (non-hydrogen) atoms. The molecular formula is C5H9NO3. The molecule has 0 unspecified atom stereocenters. The summed E-state index contributed by atoms with van der Waals surface area (Å²) < 4.78 is 0. The largest absolute Gasteiger partial charge is 0.365 e. The molecule has 0 aromatic heterocycles. The second-order valence-corrected chi connectivity index (χ2v) is 1.22. The fourth-order valence-corrected chi connectivity index (χ4v) is 0.182. The fourth-order valence-electron chi connectivity index (χ4n) is 0.182. The lowest BCUT2D eigenvalue weighted by Gasteiger charge is -1.96. The minimum absolute atomic E-state index is 0.208. The number of rotatable bonds is 4. The van der Waals surface area contributed by atoms with Gasteiger partial charge in [-0.2, -0.15) is 4.89 Å². The van der Waals surface area contributed by atoms with E-state index in [9.17, 15) is 4.79 Å². The topological polar surface area (TPSA) is 61.5 Å². The highest BCUT2D eigenvalue weighted by Crippen LogP contribution is 1.79. The van der Waals surface area contributed by atoms with Gasteiger partial charge in [0.05, 0.1) is 0 Å². The van der Waals surface area contributed by atoms with Crippen LogP contribution in [0.25, 0.3) is 0 Å². The number of carbonyl (C=O) groups excluding carboxylic acids is 1. The molecule has 0 atom stereocenters. The Balaban J connectivity index is 3.07. The van der Waals surface area contributed by atoms with Gasteiger partial charge in [0, 0.05) is 12.6 Å². The second-order valence-electron chi connectivity index (χ2n) is 1.22. The standard InChI is InChI=1S/C5H9NO3/c1-2-5(7)9-8-4-3-6/h2H,1,3-4,6H2. The van der Waals surface area contributed by atoms with E-state index >= 15 is 0 Å². The van der Waals surface area contributed by atoms with Crippen molar-refractivity contribution in [1.29, 1.82) is 0 Å². The summed E-state index contributed by atoms with van der Waals surface area (Å²) >= 11 is 0. The number of carbonyl (C=O) groups is 1. The van der Waals surface area contributed by atoms with Gasteiger partial charge in [0.15, 0.2) is 0 Å². The zero-order valence-corrected chi connectivity index (χ0v) is 5.00. The average molecular weight is 131 g/mol. The zero-order valence-electron chi connectivity index (χ0n) is 5.00. The monoisotopic (exact) mass is 131 g/mol. The molecule has 0 aromatic carbocycles. The predicted molar refractivity (Wildman–Crippen MR) is 31.3 cm³/mol. The van der Waals surface area contributed by atoms with Crippen molar-refractivity contribution in [1.82, 2.24) is 0 Å². The highest BCUT2D eigenvalue weighted by Gasteiger charge is 1.92. The third-order valence-electron chi connectivity index (χ3n) is 0.509. The summed E-state index contributed by atoms with van der Waals surface area (Å²) in [7, 11) is 0. The molecule has 0 aromatic rings. The molecule has 0 saturated heterocycles. The van der Waals surface area contributed by atoms with Gasteiger partial charge in [0.25, 0.3) is 0 Å². The number of nitrogens with two attached hydrogens (primary N) is 1. The first-order valence-electron chi connectivity index (χ1n) is 2.47. The molecule has 0 spiro atoms. The van der Waals surface area contributed by atoms with Gasteiger partial charge < -0.3 is 5.73 Å². The lowest BCUT2D eigenvalue weighted by Crippen LogP contribution is -2.10. The molecule has 0 aliphatic carbocycles. The van der Waals surface area contributed by atoms with Crippen LogP contribution in [-0.4, -0.2) is 19.1 Å². The molecule has 0 rings (SSSR count). The van der Waals surface area contributed by atoms with Crippen LogP contribution in [0.4, 0.5) is 0 Å². The highest BCUT2D eigenvalue weighted by molar-refractivity contribution is 5.80. The average Bonchev–Trinajstić information content (AvgIpc) is 1.89. The first-order chi connectivity index (χ1) is 4.31. The van der Waals surface area contributed by atoms with Crippen molar-refractivity contribution < 1.29 is 14.6 Å². The molecule has 0 radical (unpaired) electrons. The minimum atomic E-state index is -0.608. The van der Waals surface area contributed by atoms with E-state index in [2.05, 4.69) is 16.4 Å². The first kappa shape index (κ1) is 8.13. The van der Waals surface area contributed by atoms with Crippen LogP contribution in [0.1, 0.15) is 0 Å². The molecule has 0 bridgehead atoms. The molecule has 0 amide bonds. The third-order valence-corrected chi connectivity index (χ3v) is 0.509. The Bertz CT molecular complexity index is 102. The minimum Gasteiger partial charge on any atom is -0.328 e. The van der Waals surface area contributed by atoms with E-state index in [0.29, 0.717) is 6.54 Å². The van der Waals surface area contributed by atoms with Crippen molar-refractivity contribution in [3.63, 3.8) is 0 Å². The molecule has 0 heterocycles. The third kappa shape index (κ3) is 4.99. The van der Waals surface area contributed by atoms with Gasteiger partial charge in [0.1, 0.15) is 6.61 Å². The van der Waals surface area contributed by atoms with E-state index in [4.69, 9.17) is 5.73 Å². The molecule has 0 fully saturated rings. The predicted octanol–water partition coefficient (Wildman–Crippen LogP) is -0.394. The molecule has 52 valence electrons. The molecular weight excluding hydrogens is 122 g/mol. The van der Waals surface area contributed by atoms with Crippen molar-refractivity contribution >= 4 is 5.97 Å². The first-order valence-corrected chi connectivity index (χ1v) is 2.47. The van der Waals surface area contributed by atoms with Crippen molar-refractivity contribution in [3.05, 3.63) is 12.7 Å². The molecule has 4 heteroatoms. The normalized spacial score (nSPS) is 8.56. The van der Waals surface area contributed by atoms with Crippen molar-refractivity contribution in [2.75, 3.05) is 13.2 Å². The Hall–Kier alpha value is -0.870. The summed E-state index contributed by atoms with van der Waals surface area (Å²) in [5.74, 6) is -0.608. The molecule has 0 aliphatic rings. The number of hydrogen-bond donors (Lipinski definition) is 1. The lowest BCUT2D eigenvalue weighted by atomic mass is 10.7. The van der Waals surface area contributed by atoms with Crippen LogP contribution in [0.3, 0.4) is 0 Å². The van der Waals surface area contributed by atoms with E-state index in [1.165, 1.54) is 0 Å². The smallest absolute Gasteiger partial charge is 0.328 e. The molecule has 0 saturated carbocycles. The quantitative estimate of drug-likeness (QED) is 0.244. The van der Waals surface area contributed by atoms with Gasteiger partial charge in [-0.1, -0.05) is 6.58 Å². The zero-order chi connectivity index (χ0) is 7.11. The van der Waals surface area contributed by atoms with Gasteiger partial charge >= 0.3 is 5.97 Å². The summed E-state index contributed by atoms with van der Waals surface area (Å²) in [6.07, 6.45) is 1.01. The summed E-state index contributed by atoms with van der Waals surface area (Å²) in [6, 6.07) is 0. The summed E-state index contributed by atoms with van der Waals surface area (Å²) in [4.78, 5) is 18.6. The van der Waals surface area contributed by atoms with Gasteiger partial charge in [-0.3, -0.25) is 4.89 Å². The Morgan fingerprint density at radius 2 is 2.44 bits per heavy atom. The van der Waals surface area contributed by atoms with Gasteiger partial charge in [0.2, 0.25) is 0 Å². The fraction of sp³-hybridized carbons (Fsp3) is 0.400. The Morgan fingerprint density at radius 1 is 1.78 bits per heavy atom. The van der Waals surface area contributed by atoms with Crippen LogP contribution in [0.5, 0.6) is 0 Å². The SMILES string of the molecule is C=CC(=O)OOCCN. The van der Waals surface area contributed by atoms with Crippen LogP contribution >= 0.6 is 0 Å². The van der Waals surface area contributed by atoms with Gasteiger partial charge in [-0.25, -0.2) is 4.79 Å². The van der Waals surface area contributed by atoms with E-state index in [1.807, 2.05) is 0 Å². The summed E-state index contributed by atoms with van der Waals surface area (Å²) in [5.41, 5.74) is 5.01. The van der Waals surface area contributed by atoms with Gasteiger partial charge in [-0.15, -0.1) is 0 Å². The van der Waals surface area contributed by atoms with E-state index in [-0.39, 0.29) is 6.61 Å². The van der Waals surface area contributed by atoms with Crippen LogP contribution in [-0.2, 0) is 14.6 Å². The maximum Gasteiger partial charge on any atom is 0.365 e. The van der Waals surface area contributed by atoms with Crippen LogP contribution in [0, 0.1) is 0 Å². The molecule has 2 N–H and O–H groups in total. The van der Waals surface area contributed by atoms with Gasteiger partial charge in [-0.05, 0) is 0 Å². The molecule has 0 aliphatic heterocycles. The Labute approximate surface area is 53.2 Å².